The van der Waals surface area contributed by atoms with Crippen LogP contribution in [0.25, 0.3) is 0 Å². The van der Waals surface area contributed by atoms with Crippen LogP contribution in [0.3, 0.4) is 0 Å². The Hall–Kier alpha value is -0.610. The lowest BCUT2D eigenvalue weighted by atomic mass is 10.3. The normalized spacial score (nSPS) is 12.6. The van der Waals surface area contributed by atoms with Crippen LogP contribution >= 0.6 is 0 Å². The number of hydrogen-bond donors (Lipinski definition) is 3. The maximum Gasteiger partial charge on any atom is 0.233 e. The summed E-state index contributed by atoms with van der Waals surface area (Å²) >= 11 is 0. The number of likely N-dealkylation sites (N-methyl/N-ethyl adjacent to an activating group) is 1. The summed E-state index contributed by atoms with van der Waals surface area (Å²) in [6.07, 6.45) is 0.264. The van der Waals surface area contributed by atoms with Crippen LogP contribution in [0.1, 0.15) is 13.3 Å². The van der Waals surface area contributed by atoms with Gasteiger partial charge in [-0.3, -0.25) is 4.79 Å². The zero-order valence-electron chi connectivity index (χ0n) is 7.05. The first kappa shape index (κ1) is 10.4. The molecule has 66 valence electrons. The van der Waals surface area contributed by atoms with E-state index in [9.17, 15) is 4.79 Å². The van der Waals surface area contributed by atoms with Gasteiger partial charge < -0.3 is 15.7 Å². The van der Waals surface area contributed by atoms with Gasteiger partial charge in [0.05, 0.1) is 12.6 Å². The summed E-state index contributed by atoms with van der Waals surface area (Å²) in [6, 6.07) is 0. The lowest BCUT2D eigenvalue weighted by molar-refractivity contribution is -0.120. The van der Waals surface area contributed by atoms with Gasteiger partial charge in [-0.1, -0.05) is 0 Å². The van der Waals surface area contributed by atoms with Crippen molar-refractivity contribution in [3.05, 3.63) is 0 Å². The number of carbonyl (C=O) groups is 1. The molecule has 1 atom stereocenters. The fourth-order valence-electron chi connectivity index (χ4n) is 0.644. The van der Waals surface area contributed by atoms with Crippen LogP contribution in [0.5, 0.6) is 0 Å². The van der Waals surface area contributed by atoms with Gasteiger partial charge in [0.15, 0.2) is 0 Å². The number of rotatable bonds is 5. The molecule has 0 unspecified atom stereocenters. The summed E-state index contributed by atoms with van der Waals surface area (Å²) in [4.78, 5) is 10.8. The molecular weight excluding hydrogens is 144 g/mol. The fraction of sp³-hybridized carbons (Fsp3) is 0.857. The molecule has 1 amide bonds. The molecule has 0 fully saturated rings. The topological polar surface area (TPSA) is 61.4 Å². The predicted molar refractivity (Wildman–Crippen MR) is 43.2 cm³/mol. The van der Waals surface area contributed by atoms with Gasteiger partial charge in [0, 0.05) is 6.54 Å². The molecule has 0 bridgehead atoms. The van der Waals surface area contributed by atoms with Crippen molar-refractivity contribution >= 4 is 5.91 Å². The molecule has 0 spiro atoms. The second-order valence-electron chi connectivity index (χ2n) is 2.52. The van der Waals surface area contributed by atoms with Crippen LogP contribution in [0.4, 0.5) is 0 Å². The highest BCUT2D eigenvalue weighted by molar-refractivity contribution is 5.77. The zero-order chi connectivity index (χ0) is 8.69. The van der Waals surface area contributed by atoms with Crippen LogP contribution in [-0.4, -0.2) is 37.3 Å². The van der Waals surface area contributed by atoms with Crippen molar-refractivity contribution < 1.29 is 9.90 Å². The number of carbonyl (C=O) groups excluding carboxylic acids is 1. The van der Waals surface area contributed by atoms with Crippen molar-refractivity contribution in [1.82, 2.24) is 10.6 Å². The Morgan fingerprint density at radius 3 is 2.73 bits per heavy atom. The van der Waals surface area contributed by atoms with Crippen molar-refractivity contribution in [1.29, 1.82) is 0 Å². The molecular formula is C7H16N2O2. The molecule has 4 heteroatoms. The Morgan fingerprint density at radius 2 is 2.27 bits per heavy atom. The Morgan fingerprint density at radius 1 is 1.64 bits per heavy atom. The van der Waals surface area contributed by atoms with Crippen LogP contribution < -0.4 is 10.6 Å². The highest BCUT2D eigenvalue weighted by atomic mass is 16.3. The van der Waals surface area contributed by atoms with Crippen LogP contribution in [0.15, 0.2) is 0 Å². The molecule has 11 heavy (non-hydrogen) atoms. The average molecular weight is 160 g/mol. The maximum atomic E-state index is 10.8. The molecule has 0 aliphatic rings. The van der Waals surface area contributed by atoms with Crippen molar-refractivity contribution in [3.63, 3.8) is 0 Å². The summed E-state index contributed by atoms with van der Waals surface area (Å²) in [5.41, 5.74) is 0. The molecule has 0 aromatic rings. The summed E-state index contributed by atoms with van der Waals surface area (Å²) in [6.45, 7) is 2.57. The molecule has 0 aliphatic heterocycles. The molecule has 0 aromatic carbocycles. The first-order valence-electron chi connectivity index (χ1n) is 3.76. The second-order valence-corrected chi connectivity index (χ2v) is 2.52. The van der Waals surface area contributed by atoms with Crippen LogP contribution in [0.2, 0.25) is 0 Å². The molecule has 0 rings (SSSR count). The van der Waals surface area contributed by atoms with E-state index >= 15 is 0 Å². The lowest BCUT2D eigenvalue weighted by Gasteiger charge is -2.05. The van der Waals surface area contributed by atoms with E-state index in [0.717, 1.165) is 0 Å². The fourth-order valence-corrected chi connectivity index (χ4v) is 0.644. The number of amides is 1. The SMILES string of the molecule is CNCC(=O)NCC[C@@H](C)O. The van der Waals surface area contributed by atoms with Crippen LogP contribution in [0, 0.1) is 0 Å². The van der Waals surface area contributed by atoms with Crippen molar-refractivity contribution in [2.75, 3.05) is 20.1 Å². The van der Waals surface area contributed by atoms with E-state index in [1.165, 1.54) is 0 Å². The third kappa shape index (κ3) is 7.29. The van der Waals surface area contributed by atoms with E-state index in [1.54, 1.807) is 14.0 Å². The Bertz CT molecular complexity index is 115. The van der Waals surface area contributed by atoms with E-state index in [2.05, 4.69) is 10.6 Å². The minimum Gasteiger partial charge on any atom is -0.393 e. The summed E-state index contributed by atoms with van der Waals surface area (Å²) in [5, 5.41) is 14.2. The Kier molecular flexibility index (Phi) is 5.78. The summed E-state index contributed by atoms with van der Waals surface area (Å²) < 4.78 is 0. The predicted octanol–water partition coefficient (Wildman–Crippen LogP) is -0.907. The van der Waals surface area contributed by atoms with Gasteiger partial charge in [-0.05, 0) is 20.4 Å². The third-order valence-corrected chi connectivity index (χ3v) is 1.22. The van der Waals surface area contributed by atoms with E-state index in [0.29, 0.717) is 19.5 Å². The smallest absolute Gasteiger partial charge is 0.233 e. The van der Waals surface area contributed by atoms with E-state index in [1.807, 2.05) is 0 Å². The van der Waals surface area contributed by atoms with E-state index in [4.69, 9.17) is 5.11 Å². The zero-order valence-corrected chi connectivity index (χ0v) is 7.05. The lowest BCUT2D eigenvalue weighted by Crippen LogP contribution is -2.33. The molecule has 4 nitrogen and oxygen atoms in total. The molecule has 0 radical (unpaired) electrons. The van der Waals surface area contributed by atoms with Gasteiger partial charge in [-0.15, -0.1) is 0 Å². The van der Waals surface area contributed by atoms with Gasteiger partial charge in [-0.25, -0.2) is 0 Å². The van der Waals surface area contributed by atoms with Crippen molar-refractivity contribution in [2.45, 2.75) is 19.4 Å². The average Bonchev–Trinajstić information content (AvgIpc) is 1.87. The van der Waals surface area contributed by atoms with Gasteiger partial charge in [0.2, 0.25) is 5.91 Å². The standard InChI is InChI=1S/C7H16N2O2/c1-6(10)3-4-9-7(11)5-8-2/h6,8,10H,3-5H2,1-2H3,(H,9,11)/t6-/m1/s1. The van der Waals surface area contributed by atoms with Gasteiger partial charge in [0.1, 0.15) is 0 Å². The molecule has 0 aromatic heterocycles. The second kappa shape index (κ2) is 6.12. The Balaban J connectivity index is 3.17. The minimum absolute atomic E-state index is 0.0341. The van der Waals surface area contributed by atoms with Gasteiger partial charge in [-0.2, -0.15) is 0 Å². The van der Waals surface area contributed by atoms with Crippen molar-refractivity contribution in [2.24, 2.45) is 0 Å². The maximum absolute atomic E-state index is 10.8. The Labute approximate surface area is 67.0 Å². The third-order valence-electron chi connectivity index (χ3n) is 1.22. The van der Waals surface area contributed by atoms with E-state index in [-0.39, 0.29) is 12.0 Å². The number of nitrogens with one attached hydrogen (secondary N) is 2. The van der Waals surface area contributed by atoms with Gasteiger partial charge in [0.25, 0.3) is 0 Å². The monoisotopic (exact) mass is 160 g/mol. The highest BCUT2D eigenvalue weighted by Gasteiger charge is 1.98. The molecule has 0 aliphatic carbocycles. The molecule has 3 N–H and O–H groups in total. The number of aliphatic hydroxyl groups is 1. The van der Waals surface area contributed by atoms with Gasteiger partial charge >= 0.3 is 0 Å². The van der Waals surface area contributed by atoms with Crippen LogP contribution in [-0.2, 0) is 4.79 Å². The molecule has 0 saturated heterocycles. The highest BCUT2D eigenvalue weighted by Crippen LogP contribution is 1.84. The largest absolute Gasteiger partial charge is 0.393 e. The number of aliphatic hydroxyl groups excluding tert-OH is 1. The van der Waals surface area contributed by atoms with E-state index < -0.39 is 0 Å². The molecule has 0 heterocycles. The first-order valence-corrected chi connectivity index (χ1v) is 3.76. The minimum atomic E-state index is -0.343. The molecule has 0 saturated carbocycles. The quantitative estimate of drug-likeness (QED) is 0.488. The first-order chi connectivity index (χ1) is 5.16. The number of hydrogen-bond acceptors (Lipinski definition) is 3. The summed E-state index contributed by atoms with van der Waals surface area (Å²) in [7, 11) is 1.72. The van der Waals surface area contributed by atoms with Crippen molar-refractivity contribution in [3.8, 4) is 0 Å². The summed E-state index contributed by atoms with van der Waals surface area (Å²) in [5.74, 6) is -0.0341.